The maximum atomic E-state index is 6.09. The summed E-state index contributed by atoms with van der Waals surface area (Å²) in [6.07, 6.45) is 1.71. The van der Waals surface area contributed by atoms with Gasteiger partial charge < -0.3 is 8.98 Å². The normalized spacial score (nSPS) is 12.1. The first-order chi connectivity index (χ1) is 26.8. The molecule has 0 saturated carbocycles. The average Bonchev–Trinajstić information content (AvgIpc) is 4.01. The fraction of sp³-hybridized carbons (Fsp3) is 0. The van der Waals surface area contributed by atoms with Crippen molar-refractivity contribution in [3.63, 3.8) is 0 Å². The number of nitrogens with zero attached hydrogens (tertiary/aromatic N) is 4. The summed E-state index contributed by atoms with van der Waals surface area (Å²) >= 11 is 1.79. The number of rotatable bonds is 4. The number of thiophene rings is 1. The van der Waals surface area contributed by atoms with Crippen molar-refractivity contribution in [2.24, 2.45) is 0 Å². The van der Waals surface area contributed by atoms with E-state index in [2.05, 4.69) is 167 Å². The molecule has 0 saturated heterocycles. The van der Waals surface area contributed by atoms with Gasteiger partial charge in [-0.3, -0.25) is 4.57 Å². The van der Waals surface area contributed by atoms with Crippen LogP contribution in [-0.2, 0) is 0 Å². The van der Waals surface area contributed by atoms with Gasteiger partial charge in [0.25, 0.3) is 0 Å². The molecule has 0 spiro atoms. The molecule has 5 nitrogen and oxygen atoms in total. The molecule has 0 bridgehead atoms. The minimum Gasteiger partial charge on any atom is -0.460 e. The Bertz CT molecular complexity index is 3460. The topological polar surface area (TPSA) is 48.8 Å². The van der Waals surface area contributed by atoms with Gasteiger partial charge in [0.15, 0.2) is 5.58 Å². The Morgan fingerprint density at radius 1 is 0.463 bits per heavy atom. The second-order valence-electron chi connectivity index (χ2n) is 13.8. The SMILES string of the molecule is c1ccc(-n2c3ccccc3c3cc(-c4ccc5c(c4)c4ccccc4n5-c4nc(-c5cccc6c5sc5ccccc56)c5occc5n4)ccc32)cc1. The molecule has 0 atom stereocenters. The van der Waals surface area contributed by atoms with Crippen molar-refractivity contribution in [1.29, 1.82) is 0 Å². The number of benzene rings is 7. The van der Waals surface area contributed by atoms with Gasteiger partial charge in [-0.2, -0.15) is 0 Å². The van der Waals surface area contributed by atoms with E-state index in [-0.39, 0.29) is 0 Å². The van der Waals surface area contributed by atoms with Crippen LogP contribution in [0, 0.1) is 0 Å². The van der Waals surface area contributed by atoms with Crippen LogP contribution < -0.4 is 0 Å². The minimum absolute atomic E-state index is 0.617. The third-order valence-corrected chi connectivity index (χ3v) is 12.1. The number of fused-ring (bicyclic) bond motifs is 10. The van der Waals surface area contributed by atoms with Crippen LogP contribution in [0.5, 0.6) is 0 Å². The fourth-order valence-corrected chi connectivity index (χ4v) is 9.66. The smallest absolute Gasteiger partial charge is 0.236 e. The molecule has 0 radical (unpaired) electrons. The molecule has 0 fully saturated rings. The van der Waals surface area contributed by atoms with Gasteiger partial charge in [-0.1, -0.05) is 103 Å². The van der Waals surface area contributed by atoms with Crippen LogP contribution in [0.15, 0.2) is 174 Å². The molecular formula is C48H28N4OS. The fourth-order valence-electron chi connectivity index (χ4n) is 8.44. The van der Waals surface area contributed by atoms with Gasteiger partial charge in [0, 0.05) is 59.0 Å². The van der Waals surface area contributed by atoms with E-state index in [4.69, 9.17) is 14.4 Å². The van der Waals surface area contributed by atoms with E-state index < -0.39 is 0 Å². The average molecular weight is 709 g/mol. The summed E-state index contributed by atoms with van der Waals surface area (Å²) in [5.41, 5.74) is 11.3. The monoisotopic (exact) mass is 708 g/mol. The van der Waals surface area contributed by atoms with E-state index in [1.807, 2.05) is 6.07 Å². The molecule has 6 heteroatoms. The largest absolute Gasteiger partial charge is 0.460 e. The second kappa shape index (κ2) is 11.2. The summed E-state index contributed by atoms with van der Waals surface area (Å²) in [6, 6.07) is 58.4. The Morgan fingerprint density at radius 2 is 1.07 bits per heavy atom. The van der Waals surface area contributed by atoms with E-state index in [0.29, 0.717) is 11.5 Å². The van der Waals surface area contributed by atoms with E-state index in [1.165, 1.54) is 47.5 Å². The number of hydrogen-bond acceptors (Lipinski definition) is 4. The molecule has 12 aromatic rings. The highest BCUT2D eigenvalue weighted by Crippen LogP contribution is 2.42. The van der Waals surface area contributed by atoms with Gasteiger partial charge in [0.2, 0.25) is 5.95 Å². The summed E-state index contributed by atoms with van der Waals surface area (Å²) in [7, 11) is 0. The molecule has 0 aliphatic rings. The van der Waals surface area contributed by atoms with E-state index in [9.17, 15) is 0 Å². The van der Waals surface area contributed by atoms with E-state index in [0.717, 1.165) is 49.8 Å². The molecule has 0 N–H and O–H groups in total. The summed E-state index contributed by atoms with van der Waals surface area (Å²) < 4.78 is 13.1. The number of para-hydroxylation sites is 3. The van der Waals surface area contributed by atoms with Crippen molar-refractivity contribution in [2.75, 3.05) is 0 Å². The van der Waals surface area contributed by atoms with Gasteiger partial charge in [-0.15, -0.1) is 11.3 Å². The molecule has 5 aromatic heterocycles. The highest BCUT2D eigenvalue weighted by molar-refractivity contribution is 7.26. The molecule has 0 unspecified atom stereocenters. The lowest BCUT2D eigenvalue weighted by Gasteiger charge is -2.10. The Morgan fingerprint density at radius 3 is 1.83 bits per heavy atom. The summed E-state index contributed by atoms with van der Waals surface area (Å²) in [6.45, 7) is 0. The lowest BCUT2D eigenvalue weighted by Crippen LogP contribution is -2.02. The molecule has 0 aliphatic carbocycles. The first-order valence-corrected chi connectivity index (χ1v) is 18.9. The Labute approximate surface area is 312 Å². The maximum Gasteiger partial charge on any atom is 0.236 e. The van der Waals surface area contributed by atoms with E-state index >= 15 is 0 Å². The van der Waals surface area contributed by atoms with Crippen molar-refractivity contribution >= 4 is 86.2 Å². The Hall–Kier alpha value is -7.02. The summed E-state index contributed by atoms with van der Waals surface area (Å²) in [5.74, 6) is 0.617. The molecule has 54 heavy (non-hydrogen) atoms. The zero-order valence-corrected chi connectivity index (χ0v) is 29.6. The first kappa shape index (κ1) is 29.5. The molecular weight excluding hydrogens is 681 g/mol. The standard InChI is InChI=1S/C48H28N4OS/c1-2-11-31(12-3-1)51-40-18-7-4-13-32(40)37-27-29(21-23-42(37)51)30-22-24-43-38(28-30)33-14-5-8-19-41(33)52(43)48-49-39-25-26-53-46(39)45(50-48)36-17-10-16-35-34-15-6-9-20-44(34)54-47(35)36/h1-28H. The van der Waals surface area contributed by atoms with Gasteiger partial charge >= 0.3 is 0 Å². The zero-order valence-electron chi connectivity index (χ0n) is 28.8. The Balaban J connectivity index is 1.06. The third-order valence-electron chi connectivity index (χ3n) is 10.8. The second-order valence-corrected chi connectivity index (χ2v) is 14.8. The van der Waals surface area contributed by atoms with Gasteiger partial charge in [-0.25, -0.2) is 9.97 Å². The first-order valence-electron chi connectivity index (χ1n) is 18.1. The molecule has 7 aromatic carbocycles. The predicted octanol–water partition coefficient (Wildman–Crippen LogP) is 13.1. The van der Waals surface area contributed by atoms with Crippen LogP contribution in [0.4, 0.5) is 0 Å². The highest BCUT2D eigenvalue weighted by atomic mass is 32.1. The van der Waals surface area contributed by atoms with Gasteiger partial charge in [0.1, 0.15) is 11.2 Å². The number of furan rings is 1. The molecule has 0 amide bonds. The van der Waals surface area contributed by atoms with Crippen LogP contribution in [0.1, 0.15) is 0 Å². The number of hydrogen-bond donors (Lipinski definition) is 0. The van der Waals surface area contributed by atoms with Crippen molar-refractivity contribution in [1.82, 2.24) is 19.1 Å². The summed E-state index contributed by atoms with van der Waals surface area (Å²) in [5, 5.41) is 7.25. The van der Waals surface area contributed by atoms with Crippen LogP contribution in [0.25, 0.3) is 109 Å². The zero-order chi connectivity index (χ0) is 35.3. The van der Waals surface area contributed by atoms with Crippen molar-refractivity contribution in [3.05, 3.63) is 170 Å². The summed E-state index contributed by atoms with van der Waals surface area (Å²) in [4.78, 5) is 10.5. The molecule has 0 aliphatic heterocycles. The van der Waals surface area contributed by atoms with Gasteiger partial charge in [-0.05, 0) is 65.7 Å². The molecule has 12 rings (SSSR count). The van der Waals surface area contributed by atoms with E-state index in [1.54, 1.807) is 17.6 Å². The van der Waals surface area contributed by atoms with Crippen LogP contribution in [0.3, 0.4) is 0 Å². The van der Waals surface area contributed by atoms with Crippen molar-refractivity contribution in [2.45, 2.75) is 0 Å². The number of aromatic nitrogens is 4. The van der Waals surface area contributed by atoms with Crippen molar-refractivity contribution < 1.29 is 4.42 Å². The lowest BCUT2D eigenvalue weighted by molar-refractivity contribution is 0.614. The maximum absolute atomic E-state index is 6.09. The third kappa shape index (κ3) is 4.20. The van der Waals surface area contributed by atoms with Gasteiger partial charge in [0.05, 0.1) is 28.3 Å². The molecule has 252 valence electrons. The minimum atomic E-state index is 0.617. The van der Waals surface area contributed by atoms with Crippen LogP contribution >= 0.6 is 11.3 Å². The lowest BCUT2D eigenvalue weighted by atomic mass is 10.0. The van der Waals surface area contributed by atoms with Crippen molar-refractivity contribution in [3.8, 4) is 34.0 Å². The van der Waals surface area contributed by atoms with Crippen LogP contribution in [-0.4, -0.2) is 19.1 Å². The Kier molecular flexibility index (Phi) is 6.15. The predicted molar refractivity (Wildman–Crippen MR) is 224 cm³/mol. The molecule has 5 heterocycles. The quantitative estimate of drug-likeness (QED) is 0.183. The highest BCUT2D eigenvalue weighted by Gasteiger charge is 2.21. The van der Waals surface area contributed by atoms with Crippen LogP contribution in [0.2, 0.25) is 0 Å².